The molecule has 0 saturated heterocycles. The van der Waals surface area contributed by atoms with Gasteiger partial charge in [-0.1, -0.05) is 16.3 Å². The fourth-order valence-electron chi connectivity index (χ4n) is 2.56. The minimum absolute atomic E-state index is 0.194. The third-order valence-corrected chi connectivity index (χ3v) is 6.45. The maximum atomic E-state index is 12.7. The average molecular weight is 469 g/mol. The summed E-state index contributed by atoms with van der Waals surface area (Å²) in [7, 11) is -0.787. The summed E-state index contributed by atoms with van der Waals surface area (Å²) in [5, 5.41) is 15.8. The number of thiazole rings is 1. The van der Waals surface area contributed by atoms with Crippen LogP contribution in [0.1, 0.15) is 5.56 Å². The molecule has 8 nitrogen and oxygen atoms in total. The highest BCUT2D eigenvalue weighted by Gasteiger charge is 2.10. The van der Waals surface area contributed by atoms with Crippen molar-refractivity contribution in [1.82, 2.24) is 14.5 Å². The van der Waals surface area contributed by atoms with E-state index >= 15 is 0 Å². The number of aliphatic imine (C=N–C) groups is 1. The van der Waals surface area contributed by atoms with Gasteiger partial charge in [0.25, 0.3) is 0 Å². The maximum absolute atomic E-state index is 12.7. The van der Waals surface area contributed by atoms with Crippen LogP contribution in [0.15, 0.2) is 81.5 Å². The molecule has 2 aromatic carbocycles. The molecule has 0 aliphatic rings. The van der Waals surface area contributed by atoms with Crippen LogP contribution in [0.3, 0.4) is 0 Å². The van der Waals surface area contributed by atoms with E-state index in [0.29, 0.717) is 22.2 Å². The molecule has 0 spiro atoms. The van der Waals surface area contributed by atoms with Crippen LogP contribution in [-0.4, -0.2) is 20.4 Å². The Labute approximate surface area is 186 Å². The zero-order valence-electron chi connectivity index (χ0n) is 16.0. The normalized spacial score (nSPS) is 12.1. The van der Waals surface area contributed by atoms with Crippen LogP contribution >= 0.6 is 31.1 Å². The van der Waals surface area contributed by atoms with Crippen molar-refractivity contribution in [1.29, 1.82) is 0 Å². The maximum Gasteiger partial charge on any atom is 0.348 e. The van der Waals surface area contributed by atoms with E-state index < -0.39 is 13.9 Å². The number of hydrogen-bond acceptors (Lipinski definition) is 9. The molecule has 31 heavy (non-hydrogen) atoms. The summed E-state index contributed by atoms with van der Waals surface area (Å²) >= 11 is 2.64. The number of rotatable bonds is 7. The van der Waals surface area contributed by atoms with Crippen molar-refractivity contribution in [2.75, 3.05) is 0 Å². The zero-order valence-corrected chi connectivity index (χ0v) is 18.6. The molecule has 2 heterocycles. The van der Waals surface area contributed by atoms with E-state index in [1.807, 2.05) is 17.8 Å². The lowest BCUT2D eigenvalue weighted by atomic mass is 10.2. The predicted octanol–water partition coefficient (Wildman–Crippen LogP) is 2.99. The molecule has 0 saturated carbocycles. The molecule has 0 bridgehead atoms. The second kappa shape index (κ2) is 9.40. The van der Waals surface area contributed by atoms with Gasteiger partial charge in [0.05, 0.1) is 0 Å². The van der Waals surface area contributed by atoms with Gasteiger partial charge in [0.1, 0.15) is 11.5 Å². The Balaban J connectivity index is 1.68. The fraction of sp³-hybridized carbons (Fsp3) is 0.0500. The van der Waals surface area contributed by atoms with E-state index in [1.165, 1.54) is 35.2 Å². The fourth-order valence-corrected chi connectivity index (χ4v) is 4.35. The molecule has 0 radical (unpaired) electrons. The quantitative estimate of drug-likeness (QED) is 0.232. The summed E-state index contributed by atoms with van der Waals surface area (Å²) in [5.41, 5.74) is 0.337. The van der Waals surface area contributed by atoms with Crippen LogP contribution in [0.5, 0.6) is 11.5 Å². The Bertz CT molecular complexity index is 1240. The lowest BCUT2D eigenvalue weighted by Crippen LogP contribution is -2.18. The summed E-state index contributed by atoms with van der Waals surface area (Å²) < 4.78 is 18.8. The first-order chi connectivity index (χ1) is 15.0. The van der Waals surface area contributed by atoms with Crippen molar-refractivity contribution in [3.8, 4) is 11.5 Å². The Hall–Kier alpha value is -3.04. The highest BCUT2D eigenvalue weighted by molar-refractivity contribution is 7.99. The van der Waals surface area contributed by atoms with Gasteiger partial charge in [-0.25, -0.2) is 15.0 Å². The molecule has 0 N–H and O–H groups in total. The molecule has 2 aromatic heterocycles. The van der Waals surface area contributed by atoms with E-state index in [9.17, 15) is 14.6 Å². The summed E-state index contributed by atoms with van der Waals surface area (Å²) in [5.74, 6) is 0.409. The predicted molar refractivity (Wildman–Crippen MR) is 116 cm³/mol. The molecule has 156 valence electrons. The summed E-state index contributed by atoms with van der Waals surface area (Å²) in [6, 6.07) is 11.1. The first kappa shape index (κ1) is 21.2. The van der Waals surface area contributed by atoms with Gasteiger partial charge in [-0.2, -0.15) is 0 Å². The third kappa shape index (κ3) is 5.36. The van der Waals surface area contributed by atoms with Crippen molar-refractivity contribution in [2.45, 2.75) is 10.1 Å². The summed E-state index contributed by atoms with van der Waals surface area (Å²) in [6.45, 7) is 0. The van der Waals surface area contributed by atoms with Gasteiger partial charge in [-0.3, -0.25) is 0 Å². The van der Waals surface area contributed by atoms with Crippen LogP contribution in [0, 0.1) is 0 Å². The minimum atomic E-state index is -2.66. The molecule has 0 aliphatic heterocycles. The van der Waals surface area contributed by atoms with Gasteiger partial charge in [-0.05, 0) is 53.9 Å². The first-order valence-corrected chi connectivity index (χ1v) is 11.7. The average Bonchev–Trinajstić information content (AvgIpc) is 3.40. The van der Waals surface area contributed by atoms with Crippen molar-refractivity contribution < 1.29 is 19.3 Å². The second-order valence-corrected chi connectivity index (χ2v) is 9.14. The lowest BCUT2D eigenvalue weighted by molar-refractivity contribution is -0.212. The summed E-state index contributed by atoms with van der Waals surface area (Å²) in [4.78, 5) is 24.2. The minimum Gasteiger partial charge on any atom is -0.858 e. The topological polar surface area (TPSA) is 115 Å². The molecule has 0 fully saturated rings. The van der Waals surface area contributed by atoms with E-state index in [2.05, 4.69) is 15.0 Å². The van der Waals surface area contributed by atoms with Crippen molar-refractivity contribution in [2.24, 2.45) is 12.0 Å². The molecule has 4 aromatic rings. The summed E-state index contributed by atoms with van der Waals surface area (Å²) in [6.07, 6.45) is 5.10. The third-order valence-electron chi connectivity index (χ3n) is 4.01. The van der Waals surface area contributed by atoms with Gasteiger partial charge < -0.3 is 19.3 Å². The number of benzene rings is 2. The number of hydrogen-bond donors (Lipinski definition) is 0. The molecule has 1 atom stereocenters. The highest BCUT2D eigenvalue weighted by atomic mass is 32.2. The molecular formula is C20H14N4O4PS2-. The zero-order chi connectivity index (χ0) is 21.8. The van der Waals surface area contributed by atoms with E-state index in [4.69, 9.17) is 4.74 Å². The number of ether oxygens (including phenoxy) is 1. The van der Waals surface area contributed by atoms with Gasteiger partial charge in [-0.15, -0.1) is 11.3 Å². The Morgan fingerprint density at radius 1 is 1.16 bits per heavy atom. The van der Waals surface area contributed by atoms with Gasteiger partial charge in [0, 0.05) is 35.9 Å². The standard InChI is InChI=1S/C20H15N4O4PS2/c1-24-8-6-22-20(24)31-17-11-13(18(25)23-19-21-7-9-30-19)10-15(12-17)28-14-2-4-16(5-3-14)29(26)27/h2-12H,1H3,(H,21,23,25)/p-1. The van der Waals surface area contributed by atoms with Crippen molar-refractivity contribution in [3.05, 3.63) is 72.0 Å². The van der Waals surface area contributed by atoms with E-state index in [-0.39, 0.29) is 5.30 Å². The number of aryl methyl sites for hydroxylation is 1. The molecule has 0 aliphatic carbocycles. The van der Waals surface area contributed by atoms with Gasteiger partial charge in [0.15, 0.2) is 10.5 Å². The lowest BCUT2D eigenvalue weighted by Gasteiger charge is -2.14. The molecular weight excluding hydrogens is 455 g/mol. The number of imidazole rings is 1. The van der Waals surface area contributed by atoms with Crippen LogP contribution in [0.25, 0.3) is 0 Å². The van der Waals surface area contributed by atoms with Crippen LogP contribution in [-0.2, 0) is 11.6 Å². The Morgan fingerprint density at radius 2 is 1.97 bits per heavy atom. The smallest absolute Gasteiger partial charge is 0.348 e. The highest BCUT2D eigenvalue weighted by Crippen LogP contribution is 2.32. The van der Waals surface area contributed by atoms with Crippen molar-refractivity contribution >= 4 is 47.5 Å². The van der Waals surface area contributed by atoms with E-state index in [0.717, 1.165) is 10.1 Å². The molecule has 0 amide bonds. The van der Waals surface area contributed by atoms with Gasteiger partial charge in [0.2, 0.25) is 5.13 Å². The largest absolute Gasteiger partial charge is 0.858 e. The van der Waals surface area contributed by atoms with E-state index in [1.54, 1.807) is 48.1 Å². The van der Waals surface area contributed by atoms with Crippen LogP contribution in [0.2, 0.25) is 0 Å². The Morgan fingerprint density at radius 3 is 2.61 bits per heavy atom. The second-order valence-electron chi connectivity index (χ2n) is 6.20. The number of nitrogens with zero attached hydrogens (tertiary/aromatic N) is 4. The molecule has 11 heteroatoms. The molecule has 4 rings (SSSR count). The first-order valence-electron chi connectivity index (χ1n) is 8.86. The SMILES string of the molecule is Cn1ccnc1Sc1cc(Oc2ccc([P+](=O)[O-])cc2)cc(/C([O-])=N/c2nccs2)c1. The Kier molecular flexibility index (Phi) is 6.43. The monoisotopic (exact) mass is 469 g/mol. The number of aromatic nitrogens is 3. The van der Waals surface area contributed by atoms with Crippen LogP contribution in [0.4, 0.5) is 5.13 Å². The van der Waals surface area contributed by atoms with Crippen molar-refractivity contribution in [3.63, 3.8) is 0 Å². The van der Waals surface area contributed by atoms with Crippen LogP contribution < -0.4 is 20.0 Å². The molecule has 1 unspecified atom stereocenters. The van der Waals surface area contributed by atoms with Gasteiger partial charge >= 0.3 is 8.03 Å².